The number of ether oxygens (including phenoxy) is 1. The van der Waals surface area contributed by atoms with Crippen molar-refractivity contribution in [2.75, 3.05) is 12.4 Å². The fraction of sp³-hybridized carbons (Fsp3) is 0.0526. The van der Waals surface area contributed by atoms with Crippen LogP contribution in [0.5, 0.6) is 5.75 Å². The minimum atomic E-state index is -1.11. The summed E-state index contributed by atoms with van der Waals surface area (Å²) >= 11 is 13.5. The van der Waals surface area contributed by atoms with Crippen LogP contribution in [0.25, 0.3) is 11.1 Å². The van der Waals surface area contributed by atoms with Crippen molar-refractivity contribution < 1.29 is 19.4 Å². The van der Waals surface area contributed by atoms with Gasteiger partial charge in [0.1, 0.15) is 16.3 Å². The number of hydrogen-bond donors (Lipinski definition) is 2. The standard InChI is InChI=1S/C19H11Br3INO4S/c1-28-12-6-11(20)14(16(22)15(12)21)17(25)24-18-13(19(26)27)10(7-29-18)8-2-4-9(23)5-3-8/h2-7H,1H3,(H,24,25)(H,26,27). The van der Waals surface area contributed by atoms with Gasteiger partial charge in [-0.1, -0.05) is 12.1 Å². The van der Waals surface area contributed by atoms with Crippen LogP contribution in [0.1, 0.15) is 20.7 Å². The number of nitrogens with one attached hydrogen (secondary N) is 1. The lowest BCUT2D eigenvalue weighted by molar-refractivity contribution is 0.0699. The van der Waals surface area contributed by atoms with Crippen LogP contribution in [0.4, 0.5) is 5.00 Å². The zero-order chi connectivity index (χ0) is 21.3. The van der Waals surface area contributed by atoms with E-state index in [9.17, 15) is 14.7 Å². The zero-order valence-electron chi connectivity index (χ0n) is 14.6. The zero-order valence-corrected chi connectivity index (χ0v) is 22.3. The van der Waals surface area contributed by atoms with Gasteiger partial charge in [-0.2, -0.15) is 0 Å². The van der Waals surface area contributed by atoms with Crippen LogP contribution in [0.2, 0.25) is 0 Å². The Hall–Kier alpha value is -0.950. The van der Waals surface area contributed by atoms with E-state index in [0.717, 1.165) is 9.13 Å². The van der Waals surface area contributed by atoms with E-state index < -0.39 is 11.9 Å². The molecule has 0 radical (unpaired) electrons. The van der Waals surface area contributed by atoms with Gasteiger partial charge < -0.3 is 15.2 Å². The van der Waals surface area contributed by atoms with Crippen molar-refractivity contribution in [3.05, 3.63) is 63.8 Å². The van der Waals surface area contributed by atoms with Gasteiger partial charge in [-0.3, -0.25) is 4.79 Å². The number of halogens is 4. The van der Waals surface area contributed by atoms with E-state index in [2.05, 4.69) is 75.7 Å². The molecule has 1 aromatic heterocycles. The Morgan fingerprint density at radius 1 is 1.10 bits per heavy atom. The Morgan fingerprint density at radius 2 is 1.76 bits per heavy atom. The van der Waals surface area contributed by atoms with Crippen LogP contribution >= 0.6 is 81.7 Å². The molecule has 29 heavy (non-hydrogen) atoms. The van der Waals surface area contributed by atoms with Crippen LogP contribution in [0, 0.1) is 3.57 Å². The number of hydrogen-bond acceptors (Lipinski definition) is 4. The summed E-state index contributed by atoms with van der Waals surface area (Å²) in [5.74, 6) is -1.02. The minimum Gasteiger partial charge on any atom is -0.495 e. The Labute approximate surface area is 209 Å². The predicted octanol–water partition coefficient (Wildman–Crippen LogP) is 7.27. The van der Waals surface area contributed by atoms with Crippen molar-refractivity contribution >= 4 is 98.6 Å². The maximum atomic E-state index is 13.0. The average Bonchev–Trinajstić information content (AvgIpc) is 3.09. The smallest absolute Gasteiger partial charge is 0.339 e. The molecule has 2 aromatic carbocycles. The van der Waals surface area contributed by atoms with Crippen LogP contribution in [0.15, 0.2) is 49.1 Å². The number of rotatable bonds is 5. The number of amides is 1. The number of carboxylic acids is 1. The maximum absolute atomic E-state index is 13.0. The molecule has 5 nitrogen and oxygen atoms in total. The van der Waals surface area contributed by atoms with Crippen molar-refractivity contribution in [1.29, 1.82) is 0 Å². The van der Waals surface area contributed by atoms with Gasteiger partial charge in [0.25, 0.3) is 5.91 Å². The molecule has 10 heteroatoms. The molecule has 3 aromatic rings. The second kappa shape index (κ2) is 9.46. The summed E-state index contributed by atoms with van der Waals surface area (Å²) in [4.78, 5) is 24.9. The lowest BCUT2D eigenvalue weighted by Crippen LogP contribution is -2.15. The third-order valence-corrected chi connectivity index (χ3v) is 8.31. The molecule has 0 bridgehead atoms. The lowest BCUT2D eigenvalue weighted by Gasteiger charge is -2.13. The highest BCUT2D eigenvalue weighted by Gasteiger charge is 2.25. The second-order valence-electron chi connectivity index (χ2n) is 5.68. The minimum absolute atomic E-state index is 0.0596. The van der Waals surface area contributed by atoms with Crippen molar-refractivity contribution in [2.45, 2.75) is 0 Å². The van der Waals surface area contributed by atoms with Gasteiger partial charge >= 0.3 is 5.97 Å². The predicted molar refractivity (Wildman–Crippen MR) is 133 cm³/mol. The van der Waals surface area contributed by atoms with E-state index in [4.69, 9.17) is 4.74 Å². The summed E-state index contributed by atoms with van der Waals surface area (Å²) in [5.41, 5.74) is 1.71. The van der Waals surface area contributed by atoms with Crippen LogP contribution in [-0.4, -0.2) is 24.1 Å². The number of benzene rings is 2. The van der Waals surface area contributed by atoms with Crippen molar-refractivity contribution in [2.24, 2.45) is 0 Å². The maximum Gasteiger partial charge on any atom is 0.339 e. The molecule has 150 valence electrons. The number of methoxy groups -OCH3 is 1. The van der Waals surface area contributed by atoms with Gasteiger partial charge in [0.15, 0.2) is 0 Å². The molecule has 0 aliphatic heterocycles. The topological polar surface area (TPSA) is 75.6 Å². The molecule has 3 rings (SSSR count). The molecule has 0 spiro atoms. The van der Waals surface area contributed by atoms with Crippen LogP contribution < -0.4 is 10.1 Å². The van der Waals surface area contributed by atoms with E-state index in [-0.39, 0.29) is 10.6 Å². The van der Waals surface area contributed by atoms with E-state index >= 15 is 0 Å². The molecule has 0 saturated carbocycles. The number of carboxylic acid groups (broad SMARTS) is 1. The molecule has 0 aliphatic carbocycles. The summed E-state index contributed by atoms with van der Waals surface area (Å²) in [6.07, 6.45) is 0. The fourth-order valence-corrected chi connectivity index (χ4v) is 5.83. The summed E-state index contributed by atoms with van der Waals surface area (Å²) in [7, 11) is 1.52. The first-order valence-corrected chi connectivity index (χ1v) is 12.2. The van der Waals surface area contributed by atoms with E-state index in [1.165, 1.54) is 18.4 Å². The molecule has 0 aliphatic rings. The largest absolute Gasteiger partial charge is 0.495 e. The van der Waals surface area contributed by atoms with Crippen molar-refractivity contribution in [1.82, 2.24) is 0 Å². The molecule has 0 fully saturated rings. The number of anilines is 1. The molecule has 1 heterocycles. The number of aromatic carboxylic acids is 1. The summed E-state index contributed by atoms with van der Waals surface area (Å²) in [6, 6.07) is 9.18. The first-order valence-electron chi connectivity index (χ1n) is 7.88. The monoisotopic (exact) mass is 713 g/mol. The van der Waals surface area contributed by atoms with Crippen molar-refractivity contribution in [3.63, 3.8) is 0 Å². The molecule has 0 unspecified atom stereocenters. The number of carbonyl (C=O) groups is 2. The average molecular weight is 716 g/mol. The van der Waals surface area contributed by atoms with Gasteiger partial charge in [-0.05, 0) is 94.1 Å². The molecule has 1 amide bonds. The van der Waals surface area contributed by atoms with E-state index in [1.54, 1.807) is 11.4 Å². The highest BCUT2D eigenvalue weighted by atomic mass is 127. The van der Waals surface area contributed by atoms with Gasteiger partial charge in [0.2, 0.25) is 0 Å². The first-order chi connectivity index (χ1) is 13.7. The van der Waals surface area contributed by atoms with Crippen molar-refractivity contribution in [3.8, 4) is 16.9 Å². The summed E-state index contributed by atoms with van der Waals surface area (Å²) < 4.78 is 7.89. The van der Waals surface area contributed by atoms with Crippen LogP contribution in [-0.2, 0) is 0 Å². The molecular weight excluding hydrogens is 705 g/mol. The third kappa shape index (κ3) is 4.71. The quantitative estimate of drug-likeness (QED) is 0.216. The molecule has 0 saturated heterocycles. The third-order valence-electron chi connectivity index (χ3n) is 3.96. The van der Waals surface area contributed by atoms with Gasteiger partial charge in [0.05, 0.1) is 17.1 Å². The lowest BCUT2D eigenvalue weighted by atomic mass is 10.0. The first kappa shape index (κ1) is 22.7. The van der Waals surface area contributed by atoms with Gasteiger partial charge in [-0.15, -0.1) is 11.3 Å². The summed E-state index contributed by atoms with van der Waals surface area (Å²) in [5, 5.41) is 14.5. The van der Waals surface area contributed by atoms with E-state index in [1.807, 2.05) is 24.3 Å². The number of carbonyl (C=O) groups excluding carboxylic acids is 1. The SMILES string of the molecule is COc1cc(Br)c(C(=O)Nc2scc(-c3ccc(I)cc3)c2C(=O)O)c(Br)c1Br. The molecular formula is C19H11Br3INO4S. The fourth-order valence-electron chi connectivity index (χ4n) is 2.60. The normalized spacial score (nSPS) is 10.7. The van der Waals surface area contributed by atoms with E-state index in [0.29, 0.717) is 30.3 Å². The highest BCUT2D eigenvalue weighted by molar-refractivity contribution is 14.1. The Balaban J connectivity index is 2.01. The molecule has 0 atom stereocenters. The highest BCUT2D eigenvalue weighted by Crippen LogP contribution is 2.41. The van der Waals surface area contributed by atoms with Gasteiger partial charge in [0, 0.05) is 23.5 Å². The molecule has 2 N–H and O–H groups in total. The van der Waals surface area contributed by atoms with Gasteiger partial charge in [-0.25, -0.2) is 4.79 Å². The second-order valence-corrected chi connectivity index (χ2v) is 10.2. The van der Waals surface area contributed by atoms with Crippen LogP contribution in [0.3, 0.4) is 0 Å². The summed E-state index contributed by atoms with van der Waals surface area (Å²) in [6.45, 7) is 0. The Bertz CT molecular complexity index is 1120. The Morgan fingerprint density at radius 3 is 2.34 bits per heavy atom. The number of thiophene rings is 1. The Kier molecular flexibility index (Phi) is 7.41.